The zero-order chi connectivity index (χ0) is 7.40. The van der Waals surface area contributed by atoms with Gasteiger partial charge in [0.15, 0.2) is 0 Å². The Labute approximate surface area is 59.6 Å². The summed E-state index contributed by atoms with van der Waals surface area (Å²) in [6.07, 6.45) is 1.40. The van der Waals surface area contributed by atoms with Gasteiger partial charge in [0.2, 0.25) is 0 Å². The van der Waals surface area contributed by atoms with Crippen LogP contribution in [0.1, 0.15) is 19.8 Å². The molecule has 0 aliphatic carbocycles. The molecule has 10 heavy (non-hydrogen) atoms. The van der Waals surface area contributed by atoms with E-state index < -0.39 is 0 Å². The lowest BCUT2D eigenvalue weighted by Crippen LogP contribution is -2.31. The van der Waals surface area contributed by atoms with Gasteiger partial charge in [0.05, 0.1) is 6.61 Å². The zero-order valence-electron chi connectivity index (χ0n) is 5.95. The summed E-state index contributed by atoms with van der Waals surface area (Å²) in [7, 11) is 0. The summed E-state index contributed by atoms with van der Waals surface area (Å²) in [6, 6.07) is 0. The van der Waals surface area contributed by atoms with Crippen molar-refractivity contribution in [3.63, 3.8) is 0 Å². The second-order valence-electron chi connectivity index (χ2n) is 2.41. The van der Waals surface area contributed by atoms with Crippen LogP contribution < -0.4 is 0 Å². The van der Waals surface area contributed by atoms with Gasteiger partial charge in [-0.2, -0.15) is 0 Å². The molecule has 1 fully saturated rings. The van der Waals surface area contributed by atoms with E-state index >= 15 is 0 Å². The van der Waals surface area contributed by atoms with Crippen molar-refractivity contribution in [3.8, 4) is 0 Å². The summed E-state index contributed by atoms with van der Waals surface area (Å²) >= 11 is 0. The molecule has 1 aliphatic heterocycles. The van der Waals surface area contributed by atoms with Gasteiger partial charge in [0.25, 0.3) is 0 Å². The molecule has 0 aromatic rings. The Hall–Kier alpha value is -0.160. The average molecular weight is 148 g/mol. The lowest BCUT2D eigenvalue weighted by atomic mass is 10.1. The van der Waals surface area contributed by atoms with Gasteiger partial charge in [-0.05, 0) is 19.8 Å². The molecular formula is C6H12O4. The Bertz CT molecular complexity index is 89.7. The van der Waals surface area contributed by atoms with Gasteiger partial charge < -0.3 is 0 Å². The average Bonchev–Trinajstić information content (AvgIpc) is 2.05. The van der Waals surface area contributed by atoms with E-state index in [4.69, 9.17) is 15.0 Å². The van der Waals surface area contributed by atoms with Crippen molar-refractivity contribution in [1.29, 1.82) is 0 Å². The molecule has 1 heterocycles. The summed E-state index contributed by atoms with van der Waals surface area (Å²) in [6.45, 7) is 2.37. The van der Waals surface area contributed by atoms with Crippen molar-refractivity contribution in [2.75, 3.05) is 6.61 Å². The predicted molar refractivity (Wildman–Crippen MR) is 33.2 cm³/mol. The van der Waals surface area contributed by atoms with Crippen LogP contribution in [0.4, 0.5) is 0 Å². The van der Waals surface area contributed by atoms with E-state index in [-0.39, 0.29) is 12.2 Å². The summed E-state index contributed by atoms with van der Waals surface area (Å²) in [5, 5.41) is 8.25. The third-order valence-electron chi connectivity index (χ3n) is 1.60. The van der Waals surface area contributed by atoms with Crippen LogP contribution in [0.5, 0.6) is 0 Å². The van der Waals surface area contributed by atoms with Crippen LogP contribution in [-0.2, 0) is 14.7 Å². The maximum atomic E-state index is 8.25. The van der Waals surface area contributed by atoms with Gasteiger partial charge in [-0.3, -0.25) is 5.26 Å². The van der Waals surface area contributed by atoms with Crippen LogP contribution in [0.15, 0.2) is 0 Å². The van der Waals surface area contributed by atoms with E-state index in [2.05, 4.69) is 4.89 Å². The minimum Gasteiger partial charge on any atom is -0.251 e. The molecule has 0 bridgehead atoms. The fourth-order valence-electron chi connectivity index (χ4n) is 0.908. The SMILES string of the molecule is CC(OO)C1CCCOO1. The van der Waals surface area contributed by atoms with Crippen LogP contribution >= 0.6 is 0 Å². The monoisotopic (exact) mass is 148 g/mol. The Morgan fingerprint density at radius 2 is 2.50 bits per heavy atom. The number of rotatable bonds is 2. The lowest BCUT2D eigenvalue weighted by molar-refractivity contribution is -0.388. The van der Waals surface area contributed by atoms with Gasteiger partial charge >= 0.3 is 0 Å². The molecule has 1 saturated heterocycles. The standard InChI is InChI=1S/C6H12O4/c1-5(9-7)6-3-2-4-8-10-6/h5-7H,2-4H2,1H3. The van der Waals surface area contributed by atoms with E-state index in [0.717, 1.165) is 12.8 Å². The fraction of sp³-hybridized carbons (Fsp3) is 1.00. The van der Waals surface area contributed by atoms with E-state index in [1.54, 1.807) is 6.92 Å². The highest BCUT2D eigenvalue weighted by Crippen LogP contribution is 2.14. The fourth-order valence-corrected chi connectivity index (χ4v) is 0.908. The van der Waals surface area contributed by atoms with Crippen molar-refractivity contribution in [2.45, 2.75) is 32.0 Å². The smallest absolute Gasteiger partial charge is 0.122 e. The Morgan fingerprint density at radius 1 is 1.70 bits per heavy atom. The molecule has 2 unspecified atom stereocenters. The van der Waals surface area contributed by atoms with Gasteiger partial charge in [0.1, 0.15) is 12.2 Å². The molecule has 60 valence electrons. The number of hydrogen-bond donors (Lipinski definition) is 1. The molecule has 0 amide bonds. The first-order valence-electron chi connectivity index (χ1n) is 3.43. The van der Waals surface area contributed by atoms with E-state index in [9.17, 15) is 0 Å². The molecule has 2 atom stereocenters. The molecule has 4 nitrogen and oxygen atoms in total. The molecule has 0 aromatic heterocycles. The summed E-state index contributed by atoms with van der Waals surface area (Å²) in [5.74, 6) is 0. The quantitative estimate of drug-likeness (QED) is 0.468. The van der Waals surface area contributed by atoms with Gasteiger partial charge in [-0.15, -0.1) is 0 Å². The third-order valence-corrected chi connectivity index (χ3v) is 1.60. The maximum Gasteiger partial charge on any atom is 0.122 e. The van der Waals surface area contributed by atoms with Crippen LogP contribution in [0.3, 0.4) is 0 Å². The molecule has 4 heteroatoms. The first-order valence-corrected chi connectivity index (χ1v) is 3.43. The molecule has 0 spiro atoms. The highest BCUT2D eigenvalue weighted by atomic mass is 17.2. The topological polar surface area (TPSA) is 47.9 Å². The first kappa shape index (κ1) is 7.94. The van der Waals surface area contributed by atoms with E-state index in [0.29, 0.717) is 6.61 Å². The molecular weight excluding hydrogens is 136 g/mol. The van der Waals surface area contributed by atoms with E-state index in [1.807, 2.05) is 0 Å². The van der Waals surface area contributed by atoms with Crippen molar-refractivity contribution in [3.05, 3.63) is 0 Å². The Morgan fingerprint density at radius 3 is 3.00 bits per heavy atom. The third kappa shape index (κ3) is 1.91. The summed E-state index contributed by atoms with van der Waals surface area (Å²) < 4.78 is 0. The van der Waals surface area contributed by atoms with Crippen molar-refractivity contribution < 1.29 is 19.9 Å². The lowest BCUT2D eigenvalue weighted by Gasteiger charge is -2.24. The molecule has 1 rings (SSSR count). The summed E-state index contributed by atoms with van der Waals surface area (Å²) in [5.41, 5.74) is 0. The predicted octanol–water partition coefficient (Wildman–Crippen LogP) is 0.975. The molecule has 1 N–H and O–H groups in total. The summed E-state index contributed by atoms with van der Waals surface area (Å²) in [4.78, 5) is 13.6. The van der Waals surface area contributed by atoms with Gasteiger partial charge in [-0.1, -0.05) is 0 Å². The minimum absolute atomic E-state index is 0.126. The maximum absolute atomic E-state index is 8.25. The van der Waals surface area contributed by atoms with Gasteiger partial charge in [0, 0.05) is 0 Å². The van der Waals surface area contributed by atoms with Crippen molar-refractivity contribution in [2.24, 2.45) is 0 Å². The second kappa shape index (κ2) is 3.88. The number of hydrogen-bond acceptors (Lipinski definition) is 4. The highest BCUT2D eigenvalue weighted by Gasteiger charge is 2.22. The van der Waals surface area contributed by atoms with Crippen LogP contribution in [0, 0.1) is 0 Å². The van der Waals surface area contributed by atoms with Crippen LogP contribution in [0.25, 0.3) is 0 Å². The zero-order valence-corrected chi connectivity index (χ0v) is 5.95. The van der Waals surface area contributed by atoms with Crippen LogP contribution in [0.2, 0.25) is 0 Å². The second-order valence-corrected chi connectivity index (χ2v) is 2.41. The van der Waals surface area contributed by atoms with Crippen LogP contribution in [-0.4, -0.2) is 24.1 Å². The normalized spacial score (nSPS) is 30.0. The van der Waals surface area contributed by atoms with Crippen molar-refractivity contribution in [1.82, 2.24) is 0 Å². The largest absolute Gasteiger partial charge is 0.251 e. The van der Waals surface area contributed by atoms with Gasteiger partial charge in [-0.25, -0.2) is 14.7 Å². The highest BCUT2D eigenvalue weighted by molar-refractivity contribution is 4.65. The minimum atomic E-state index is -0.305. The Kier molecular flexibility index (Phi) is 3.08. The van der Waals surface area contributed by atoms with E-state index in [1.165, 1.54) is 0 Å². The molecule has 1 aliphatic rings. The van der Waals surface area contributed by atoms with Crippen molar-refractivity contribution >= 4 is 0 Å². The first-order chi connectivity index (χ1) is 4.84. The Balaban J connectivity index is 2.24. The molecule has 0 aromatic carbocycles. The molecule has 0 radical (unpaired) electrons. The molecule has 0 saturated carbocycles.